The number of rotatable bonds is 8. The second-order valence-corrected chi connectivity index (χ2v) is 5.30. The van der Waals surface area contributed by atoms with E-state index in [1.165, 1.54) is 0 Å². The number of nitrogens with zero attached hydrogens (tertiary/aromatic N) is 1. The summed E-state index contributed by atoms with van der Waals surface area (Å²) in [6.07, 6.45) is 5.10. The maximum Gasteiger partial charge on any atom is 0.161 e. The fourth-order valence-corrected chi connectivity index (χ4v) is 2.50. The van der Waals surface area contributed by atoms with Gasteiger partial charge in [0.05, 0.1) is 26.4 Å². The van der Waals surface area contributed by atoms with E-state index >= 15 is 0 Å². The maximum absolute atomic E-state index is 5.95. The number of allylic oxidation sites excluding steroid dienone is 1. The van der Waals surface area contributed by atoms with E-state index in [0.29, 0.717) is 13.2 Å². The van der Waals surface area contributed by atoms with Gasteiger partial charge in [-0.2, -0.15) is 0 Å². The Labute approximate surface area is 133 Å². The molecule has 1 aliphatic heterocycles. The van der Waals surface area contributed by atoms with Crippen molar-refractivity contribution in [2.45, 2.75) is 20.3 Å². The van der Waals surface area contributed by atoms with E-state index in [2.05, 4.69) is 11.0 Å². The Bertz CT molecular complexity index is 467. The van der Waals surface area contributed by atoms with Gasteiger partial charge in [0, 0.05) is 19.6 Å². The highest BCUT2D eigenvalue weighted by Crippen LogP contribution is 2.29. The third kappa shape index (κ3) is 5.35. The minimum Gasteiger partial charge on any atom is -0.490 e. The van der Waals surface area contributed by atoms with E-state index in [-0.39, 0.29) is 0 Å². The summed E-state index contributed by atoms with van der Waals surface area (Å²) in [5.41, 5.74) is 1.13. The molecule has 0 bridgehead atoms. The lowest BCUT2D eigenvalue weighted by atomic mass is 10.2. The van der Waals surface area contributed by atoms with Gasteiger partial charge in [-0.05, 0) is 38.0 Å². The first-order valence-corrected chi connectivity index (χ1v) is 8.16. The fourth-order valence-electron chi connectivity index (χ4n) is 2.50. The topological polar surface area (TPSA) is 30.9 Å². The van der Waals surface area contributed by atoms with E-state index in [4.69, 9.17) is 14.2 Å². The smallest absolute Gasteiger partial charge is 0.161 e. The van der Waals surface area contributed by atoms with Crippen LogP contribution in [-0.2, 0) is 4.74 Å². The third-order valence-corrected chi connectivity index (χ3v) is 3.61. The summed E-state index contributed by atoms with van der Waals surface area (Å²) in [6.45, 7) is 10.2. The van der Waals surface area contributed by atoms with Crippen molar-refractivity contribution in [2.75, 3.05) is 46.1 Å². The molecule has 0 unspecified atom stereocenters. The number of hydrogen-bond donors (Lipinski definition) is 0. The third-order valence-electron chi connectivity index (χ3n) is 3.61. The van der Waals surface area contributed by atoms with Gasteiger partial charge in [0.25, 0.3) is 0 Å². The minimum absolute atomic E-state index is 0.646. The first-order valence-electron chi connectivity index (χ1n) is 8.16. The zero-order valence-electron chi connectivity index (χ0n) is 13.7. The molecule has 4 heteroatoms. The van der Waals surface area contributed by atoms with Crippen molar-refractivity contribution in [2.24, 2.45) is 0 Å². The lowest BCUT2D eigenvalue weighted by Gasteiger charge is -2.26. The second kappa shape index (κ2) is 9.49. The average Bonchev–Trinajstić information content (AvgIpc) is 2.55. The second-order valence-electron chi connectivity index (χ2n) is 5.30. The molecule has 22 heavy (non-hydrogen) atoms. The molecular weight excluding hydrogens is 278 g/mol. The number of benzene rings is 1. The fraction of sp³-hybridized carbons (Fsp3) is 0.556. The molecule has 0 N–H and O–H groups in total. The van der Waals surface area contributed by atoms with E-state index in [1.54, 1.807) is 0 Å². The quantitative estimate of drug-likeness (QED) is 0.690. The zero-order valence-corrected chi connectivity index (χ0v) is 13.7. The van der Waals surface area contributed by atoms with Crippen molar-refractivity contribution in [3.63, 3.8) is 0 Å². The molecule has 0 aromatic heterocycles. The first-order chi connectivity index (χ1) is 10.8. The Kier molecular flexibility index (Phi) is 7.26. The summed E-state index contributed by atoms with van der Waals surface area (Å²) in [7, 11) is 0. The Morgan fingerprint density at radius 1 is 1.18 bits per heavy atom. The molecule has 1 fully saturated rings. The van der Waals surface area contributed by atoms with Crippen LogP contribution in [0, 0.1) is 0 Å². The molecule has 0 saturated carbocycles. The van der Waals surface area contributed by atoms with Gasteiger partial charge in [0.15, 0.2) is 11.5 Å². The lowest BCUT2D eigenvalue weighted by Crippen LogP contribution is -2.37. The molecule has 0 radical (unpaired) electrons. The van der Waals surface area contributed by atoms with Crippen molar-refractivity contribution in [1.29, 1.82) is 0 Å². The highest BCUT2D eigenvalue weighted by molar-refractivity contribution is 5.55. The largest absolute Gasteiger partial charge is 0.490 e. The van der Waals surface area contributed by atoms with Crippen molar-refractivity contribution in [3.05, 3.63) is 29.8 Å². The number of ether oxygens (including phenoxy) is 3. The molecule has 1 aromatic rings. The van der Waals surface area contributed by atoms with Crippen molar-refractivity contribution >= 4 is 6.08 Å². The Hall–Kier alpha value is -1.52. The molecular formula is C18H27NO3. The predicted molar refractivity (Wildman–Crippen MR) is 89.7 cm³/mol. The van der Waals surface area contributed by atoms with Crippen LogP contribution in [0.15, 0.2) is 24.3 Å². The van der Waals surface area contributed by atoms with Crippen LogP contribution in [0.25, 0.3) is 6.08 Å². The van der Waals surface area contributed by atoms with Crippen LogP contribution in [0.3, 0.4) is 0 Å². The average molecular weight is 305 g/mol. The number of morpholine rings is 1. The highest BCUT2D eigenvalue weighted by atomic mass is 16.5. The lowest BCUT2D eigenvalue weighted by molar-refractivity contribution is 0.0357. The maximum atomic E-state index is 5.95. The van der Waals surface area contributed by atoms with Gasteiger partial charge in [-0.15, -0.1) is 0 Å². The summed E-state index contributed by atoms with van der Waals surface area (Å²) >= 11 is 0. The van der Waals surface area contributed by atoms with Crippen LogP contribution in [-0.4, -0.2) is 51.0 Å². The van der Waals surface area contributed by atoms with Crippen LogP contribution in [0.2, 0.25) is 0 Å². The summed E-state index contributed by atoms with van der Waals surface area (Å²) in [5.74, 6) is 1.65. The van der Waals surface area contributed by atoms with Crippen LogP contribution < -0.4 is 9.47 Å². The van der Waals surface area contributed by atoms with E-state index in [9.17, 15) is 0 Å². The van der Waals surface area contributed by atoms with Gasteiger partial charge >= 0.3 is 0 Å². The summed E-state index contributed by atoms with van der Waals surface area (Å²) < 4.78 is 17.0. The summed E-state index contributed by atoms with van der Waals surface area (Å²) in [6, 6.07) is 6.07. The Morgan fingerprint density at radius 3 is 2.73 bits per heavy atom. The minimum atomic E-state index is 0.646. The van der Waals surface area contributed by atoms with E-state index in [0.717, 1.165) is 56.3 Å². The van der Waals surface area contributed by atoms with E-state index < -0.39 is 0 Å². The molecule has 1 aliphatic rings. The Morgan fingerprint density at radius 2 is 2.00 bits per heavy atom. The molecule has 0 amide bonds. The normalized spacial score (nSPS) is 16.1. The molecule has 122 valence electrons. The molecule has 0 aliphatic carbocycles. The molecule has 1 heterocycles. The van der Waals surface area contributed by atoms with Crippen molar-refractivity contribution < 1.29 is 14.2 Å². The van der Waals surface area contributed by atoms with Crippen molar-refractivity contribution in [1.82, 2.24) is 4.90 Å². The molecule has 0 spiro atoms. The summed E-state index contributed by atoms with van der Waals surface area (Å²) in [4.78, 5) is 2.42. The predicted octanol–water partition coefficient (Wildman–Crippen LogP) is 3.22. The standard InChI is InChI=1S/C18H27NO3/c1-3-6-16-7-8-17(21-4-2)18(15-16)22-12-5-9-19-10-13-20-14-11-19/h3,6-8,15H,4-5,9-14H2,1-2H3. The van der Waals surface area contributed by atoms with Gasteiger partial charge in [0.1, 0.15) is 0 Å². The van der Waals surface area contributed by atoms with Gasteiger partial charge < -0.3 is 14.2 Å². The van der Waals surface area contributed by atoms with Crippen LogP contribution in [0.5, 0.6) is 11.5 Å². The molecule has 0 atom stereocenters. The summed E-state index contributed by atoms with van der Waals surface area (Å²) in [5, 5.41) is 0. The molecule has 1 saturated heterocycles. The van der Waals surface area contributed by atoms with Gasteiger partial charge in [-0.25, -0.2) is 0 Å². The zero-order chi connectivity index (χ0) is 15.6. The van der Waals surface area contributed by atoms with Gasteiger partial charge in [0.2, 0.25) is 0 Å². The Balaban J connectivity index is 1.85. The van der Waals surface area contributed by atoms with Gasteiger partial charge in [-0.1, -0.05) is 18.2 Å². The first kappa shape index (κ1) is 16.8. The highest BCUT2D eigenvalue weighted by Gasteiger charge is 2.10. The van der Waals surface area contributed by atoms with E-state index in [1.807, 2.05) is 38.1 Å². The number of hydrogen-bond acceptors (Lipinski definition) is 4. The monoisotopic (exact) mass is 305 g/mol. The molecule has 4 nitrogen and oxygen atoms in total. The molecule has 2 rings (SSSR count). The van der Waals surface area contributed by atoms with Crippen molar-refractivity contribution in [3.8, 4) is 11.5 Å². The molecule has 1 aromatic carbocycles. The van der Waals surface area contributed by atoms with Crippen LogP contribution in [0.4, 0.5) is 0 Å². The van der Waals surface area contributed by atoms with Crippen LogP contribution in [0.1, 0.15) is 25.8 Å². The van der Waals surface area contributed by atoms with Gasteiger partial charge in [-0.3, -0.25) is 4.90 Å². The van der Waals surface area contributed by atoms with Crippen LogP contribution >= 0.6 is 0 Å². The SMILES string of the molecule is CC=Cc1ccc(OCC)c(OCCCN2CCOCC2)c1.